The third-order valence-electron chi connectivity index (χ3n) is 4.56. The fourth-order valence-electron chi connectivity index (χ4n) is 3.05. The second-order valence-corrected chi connectivity index (χ2v) is 9.27. The molecule has 1 amide bonds. The molecule has 0 N–H and O–H groups in total. The lowest BCUT2D eigenvalue weighted by molar-refractivity contribution is -0.131. The maximum atomic E-state index is 13.7. The van der Waals surface area contributed by atoms with Crippen LogP contribution in [0.1, 0.15) is 19.5 Å². The monoisotopic (exact) mass is 471 g/mol. The SMILES string of the molecule is CC(C)(Oc1ccc(Cl)cc1)C(=O)N(Cc1ccccn1)c1nc2ccc(Cl)cc2s1. The first-order chi connectivity index (χ1) is 14.8. The summed E-state index contributed by atoms with van der Waals surface area (Å²) in [7, 11) is 0. The lowest BCUT2D eigenvalue weighted by atomic mass is 10.1. The number of amides is 1. The highest BCUT2D eigenvalue weighted by molar-refractivity contribution is 7.22. The normalized spacial score (nSPS) is 11.5. The van der Waals surface area contributed by atoms with Crippen LogP contribution in [0.4, 0.5) is 5.13 Å². The Morgan fingerprint density at radius 3 is 2.52 bits per heavy atom. The molecule has 2 aromatic carbocycles. The summed E-state index contributed by atoms with van der Waals surface area (Å²) in [6.07, 6.45) is 1.70. The fourth-order valence-corrected chi connectivity index (χ4v) is 4.41. The molecule has 0 atom stereocenters. The van der Waals surface area contributed by atoms with Crippen molar-refractivity contribution < 1.29 is 9.53 Å². The van der Waals surface area contributed by atoms with Gasteiger partial charge in [-0.1, -0.05) is 40.6 Å². The summed E-state index contributed by atoms with van der Waals surface area (Å²) in [6.45, 7) is 3.74. The van der Waals surface area contributed by atoms with E-state index in [1.165, 1.54) is 11.3 Å². The molecule has 0 aliphatic heterocycles. The molecule has 4 aromatic rings. The molecule has 0 saturated carbocycles. The summed E-state index contributed by atoms with van der Waals surface area (Å²) in [5.41, 5.74) is 0.369. The largest absolute Gasteiger partial charge is 0.478 e. The Labute approximate surface area is 194 Å². The van der Waals surface area contributed by atoms with Crippen molar-refractivity contribution in [1.82, 2.24) is 9.97 Å². The molecule has 8 heteroatoms. The lowest BCUT2D eigenvalue weighted by Gasteiger charge is -2.31. The molecular weight excluding hydrogens is 453 g/mol. The number of fused-ring (bicyclic) bond motifs is 1. The van der Waals surface area contributed by atoms with Crippen LogP contribution in [0.2, 0.25) is 10.0 Å². The minimum atomic E-state index is -1.15. The zero-order valence-corrected chi connectivity index (χ0v) is 19.2. The standard InChI is InChI=1S/C23H19Cl2N3O2S/c1-23(2,30-18-9-6-15(24)7-10-18)21(29)28(14-17-5-3-4-12-26-17)22-27-19-11-8-16(25)13-20(19)31-22/h3-13H,14H2,1-2H3. The highest BCUT2D eigenvalue weighted by Gasteiger charge is 2.36. The summed E-state index contributed by atoms with van der Waals surface area (Å²) in [5.74, 6) is 0.315. The fraction of sp³-hybridized carbons (Fsp3) is 0.174. The van der Waals surface area contributed by atoms with Crippen molar-refractivity contribution >= 4 is 55.8 Å². The van der Waals surface area contributed by atoms with Gasteiger partial charge in [-0.15, -0.1) is 0 Å². The molecule has 0 aliphatic carbocycles. The average molecular weight is 472 g/mol. The van der Waals surface area contributed by atoms with Crippen molar-refractivity contribution in [2.75, 3.05) is 4.90 Å². The Hall–Kier alpha value is -2.67. The number of hydrogen-bond acceptors (Lipinski definition) is 5. The number of nitrogens with zero attached hydrogens (tertiary/aromatic N) is 3. The number of aromatic nitrogens is 2. The van der Waals surface area contributed by atoms with Crippen LogP contribution in [-0.4, -0.2) is 21.5 Å². The van der Waals surface area contributed by atoms with E-state index >= 15 is 0 Å². The zero-order chi connectivity index (χ0) is 22.0. The zero-order valence-electron chi connectivity index (χ0n) is 16.9. The molecular formula is C23H19Cl2N3O2S. The van der Waals surface area contributed by atoms with Crippen LogP contribution in [0.15, 0.2) is 66.9 Å². The number of rotatable bonds is 6. The van der Waals surface area contributed by atoms with Crippen LogP contribution >= 0.6 is 34.5 Å². The van der Waals surface area contributed by atoms with Gasteiger partial charge < -0.3 is 4.74 Å². The summed E-state index contributed by atoms with van der Waals surface area (Å²) in [4.78, 5) is 24.3. The molecule has 31 heavy (non-hydrogen) atoms. The predicted octanol–water partition coefficient (Wildman–Crippen LogP) is 6.39. The van der Waals surface area contributed by atoms with E-state index < -0.39 is 5.60 Å². The Morgan fingerprint density at radius 1 is 1.06 bits per heavy atom. The minimum absolute atomic E-state index is 0.238. The maximum absolute atomic E-state index is 13.7. The Balaban J connectivity index is 1.69. The molecule has 158 valence electrons. The molecule has 2 aromatic heterocycles. The predicted molar refractivity (Wildman–Crippen MR) is 126 cm³/mol. The molecule has 5 nitrogen and oxygen atoms in total. The van der Waals surface area contributed by atoms with Crippen LogP contribution in [-0.2, 0) is 11.3 Å². The van der Waals surface area contributed by atoms with E-state index in [1.54, 1.807) is 55.3 Å². The lowest BCUT2D eigenvalue weighted by Crippen LogP contribution is -2.49. The molecule has 0 bridgehead atoms. The molecule has 0 saturated heterocycles. The van der Waals surface area contributed by atoms with Crippen molar-refractivity contribution in [3.8, 4) is 5.75 Å². The van der Waals surface area contributed by atoms with Gasteiger partial charge >= 0.3 is 0 Å². The van der Waals surface area contributed by atoms with Gasteiger partial charge in [0, 0.05) is 16.2 Å². The van der Waals surface area contributed by atoms with Gasteiger partial charge in [0.15, 0.2) is 10.7 Å². The van der Waals surface area contributed by atoms with Crippen LogP contribution < -0.4 is 9.64 Å². The molecule has 4 rings (SSSR count). The minimum Gasteiger partial charge on any atom is -0.478 e. The number of anilines is 1. The summed E-state index contributed by atoms with van der Waals surface area (Å²) >= 11 is 13.5. The van der Waals surface area contributed by atoms with Crippen molar-refractivity contribution in [3.63, 3.8) is 0 Å². The first-order valence-electron chi connectivity index (χ1n) is 9.54. The van der Waals surface area contributed by atoms with Gasteiger partial charge in [0.1, 0.15) is 5.75 Å². The first-order valence-corrected chi connectivity index (χ1v) is 11.1. The molecule has 0 spiro atoms. The number of hydrogen-bond donors (Lipinski definition) is 0. The van der Waals surface area contributed by atoms with Crippen molar-refractivity contribution in [2.24, 2.45) is 0 Å². The molecule has 0 aliphatic rings. The number of carbonyl (C=O) groups excluding carboxylic acids is 1. The molecule has 0 unspecified atom stereocenters. The summed E-state index contributed by atoms with van der Waals surface area (Å²) < 4.78 is 6.94. The van der Waals surface area contributed by atoms with E-state index in [0.717, 1.165) is 15.9 Å². The number of benzene rings is 2. The first kappa shape index (κ1) is 21.6. The number of pyridine rings is 1. The van der Waals surface area contributed by atoms with Crippen LogP contribution in [0, 0.1) is 0 Å². The Bertz CT molecular complexity index is 1210. The van der Waals surface area contributed by atoms with E-state index in [-0.39, 0.29) is 12.5 Å². The summed E-state index contributed by atoms with van der Waals surface area (Å²) in [6, 6.07) is 18.0. The number of carbonyl (C=O) groups is 1. The molecule has 2 heterocycles. The van der Waals surface area contributed by atoms with E-state index in [4.69, 9.17) is 27.9 Å². The smallest absolute Gasteiger partial charge is 0.272 e. The van der Waals surface area contributed by atoms with E-state index in [9.17, 15) is 4.79 Å². The third-order valence-corrected chi connectivity index (χ3v) is 6.09. The van der Waals surface area contributed by atoms with Gasteiger partial charge in [0.25, 0.3) is 5.91 Å². The van der Waals surface area contributed by atoms with E-state index in [1.807, 2.05) is 30.3 Å². The van der Waals surface area contributed by atoms with Gasteiger partial charge in [-0.05, 0) is 68.4 Å². The number of ether oxygens (including phenoxy) is 1. The second-order valence-electron chi connectivity index (χ2n) is 7.39. The Morgan fingerprint density at radius 2 is 1.81 bits per heavy atom. The Kier molecular flexibility index (Phi) is 6.14. The number of thiazole rings is 1. The molecule has 0 radical (unpaired) electrons. The average Bonchev–Trinajstić information content (AvgIpc) is 3.16. The van der Waals surface area contributed by atoms with Gasteiger partial charge in [0.05, 0.1) is 22.5 Å². The van der Waals surface area contributed by atoms with Crippen LogP contribution in [0.25, 0.3) is 10.2 Å². The third kappa shape index (κ3) is 4.98. The van der Waals surface area contributed by atoms with E-state index in [0.29, 0.717) is 20.9 Å². The van der Waals surface area contributed by atoms with Gasteiger partial charge in [-0.25, -0.2) is 4.98 Å². The molecule has 0 fully saturated rings. The van der Waals surface area contributed by atoms with Crippen LogP contribution in [0.3, 0.4) is 0 Å². The van der Waals surface area contributed by atoms with Crippen molar-refractivity contribution in [2.45, 2.75) is 26.0 Å². The number of halogens is 2. The van der Waals surface area contributed by atoms with Crippen LogP contribution in [0.5, 0.6) is 5.75 Å². The summed E-state index contributed by atoms with van der Waals surface area (Å²) in [5, 5.41) is 1.78. The van der Waals surface area contributed by atoms with Gasteiger partial charge in [-0.2, -0.15) is 0 Å². The van der Waals surface area contributed by atoms with Gasteiger partial charge in [-0.3, -0.25) is 14.7 Å². The maximum Gasteiger partial charge on any atom is 0.272 e. The van der Waals surface area contributed by atoms with Gasteiger partial charge in [0.2, 0.25) is 0 Å². The highest BCUT2D eigenvalue weighted by Crippen LogP contribution is 2.33. The van der Waals surface area contributed by atoms with Crippen molar-refractivity contribution in [1.29, 1.82) is 0 Å². The quantitative estimate of drug-likeness (QED) is 0.326. The second kappa shape index (κ2) is 8.83. The van der Waals surface area contributed by atoms with E-state index in [2.05, 4.69) is 9.97 Å². The topological polar surface area (TPSA) is 55.3 Å². The van der Waals surface area contributed by atoms with Crippen molar-refractivity contribution in [3.05, 3.63) is 82.6 Å². The highest BCUT2D eigenvalue weighted by atomic mass is 35.5.